The second kappa shape index (κ2) is 6.40. The topological polar surface area (TPSA) is 102 Å². The summed E-state index contributed by atoms with van der Waals surface area (Å²) in [7, 11) is 0. The number of fused-ring (bicyclic) bond motifs is 1. The van der Waals surface area contributed by atoms with E-state index in [0.29, 0.717) is 23.9 Å². The van der Waals surface area contributed by atoms with Crippen LogP contribution in [0, 0.1) is 11.3 Å². The lowest BCUT2D eigenvalue weighted by atomic mass is 9.98. The van der Waals surface area contributed by atoms with Crippen LogP contribution in [-0.4, -0.2) is 21.4 Å². The fourth-order valence-corrected chi connectivity index (χ4v) is 2.50. The number of allylic oxidation sites excluding steroid dienone is 1. The summed E-state index contributed by atoms with van der Waals surface area (Å²) in [5.41, 5.74) is 7.26. The summed E-state index contributed by atoms with van der Waals surface area (Å²) in [5.74, 6) is 1.64. The first-order valence-corrected chi connectivity index (χ1v) is 7.53. The minimum atomic E-state index is -0.386. The smallest absolute Gasteiger partial charge is 0.227 e. The maximum Gasteiger partial charge on any atom is 0.227 e. The number of nitriles is 1. The van der Waals surface area contributed by atoms with Crippen LogP contribution in [0.3, 0.4) is 0 Å². The molecule has 1 aromatic carbocycles. The van der Waals surface area contributed by atoms with E-state index in [2.05, 4.69) is 28.4 Å². The van der Waals surface area contributed by atoms with Crippen molar-refractivity contribution in [1.82, 2.24) is 14.8 Å². The van der Waals surface area contributed by atoms with Gasteiger partial charge in [-0.3, -0.25) is 0 Å². The molecular weight excluding hydrogens is 292 g/mol. The summed E-state index contributed by atoms with van der Waals surface area (Å²) in [6.45, 7) is 2.83. The molecule has 0 amide bonds. The summed E-state index contributed by atoms with van der Waals surface area (Å²) in [6.07, 6.45) is 3.55. The monoisotopic (exact) mass is 310 g/mol. The fourth-order valence-electron chi connectivity index (χ4n) is 2.50. The number of unbranched alkanes of at least 4 members (excludes halogenated alkanes) is 1. The van der Waals surface area contributed by atoms with Crippen LogP contribution in [-0.2, 0) is 0 Å². The lowest BCUT2D eigenvalue weighted by Gasteiger charge is -2.25. The highest BCUT2D eigenvalue weighted by Gasteiger charge is 2.29. The molecule has 3 N–H and O–H groups in total. The number of benzene rings is 1. The zero-order valence-corrected chi connectivity index (χ0v) is 12.9. The third kappa shape index (κ3) is 2.83. The summed E-state index contributed by atoms with van der Waals surface area (Å²) in [5, 5.41) is 16.5. The molecule has 3 rings (SSSR count). The maximum absolute atomic E-state index is 9.44. The predicted octanol–water partition coefficient (Wildman–Crippen LogP) is 2.17. The van der Waals surface area contributed by atoms with Crippen LogP contribution in [0.5, 0.6) is 5.75 Å². The Morgan fingerprint density at radius 1 is 1.39 bits per heavy atom. The van der Waals surface area contributed by atoms with Crippen molar-refractivity contribution in [3.63, 3.8) is 0 Å². The Labute approximate surface area is 134 Å². The average molecular weight is 310 g/mol. The van der Waals surface area contributed by atoms with Crippen molar-refractivity contribution in [2.24, 2.45) is 5.73 Å². The number of rotatable bonds is 5. The second-order valence-corrected chi connectivity index (χ2v) is 5.27. The molecule has 0 spiro atoms. The van der Waals surface area contributed by atoms with Crippen LogP contribution in [0.15, 0.2) is 42.0 Å². The molecule has 0 bridgehead atoms. The number of hydrogen-bond acceptors (Lipinski definition) is 6. The van der Waals surface area contributed by atoms with Crippen molar-refractivity contribution >= 4 is 5.95 Å². The zero-order valence-electron chi connectivity index (χ0n) is 12.9. The average Bonchev–Trinajstić information content (AvgIpc) is 3.02. The molecule has 1 atom stereocenters. The van der Waals surface area contributed by atoms with Gasteiger partial charge in [-0.25, -0.2) is 4.68 Å². The lowest BCUT2D eigenvalue weighted by Crippen LogP contribution is -2.28. The van der Waals surface area contributed by atoms with E-state index in [9.17, 15) is 5.26 Å². The minimum Gasteiger partial charge on any atom is -0.494 e. The largest absolute Gasteiger partial charge is 0.494 e. The van der Waals surface area contributed by atoms with Gasteiger partial charge in [-0.2, -0.15) is 15.3 Å². The van der Waals surface area contributed by atoms with E-state index >= 15 is 0 Å². The second-order valence-electron chi connectivity index (χ2n) is 5.27. The summed E-state index contributed by atoms with van der Waals surface area (Å²) in [6, 6.07) is 9.42. The molecule has 0 fully saturated rings. The van der Waals surface area contributed by atoms with E-state index in [1.807, 2.05) is 24.3 Å². The van der Waals surface area contributed by atoms with Crippen molar-refractivity contribution in [2.75, 3.05) is 11.9 Å². The molecule has 7 heteroatoms. The highest BCUT2D eigenvalue weighted by Crippen LogP contribution is 2.33. The van der Waals surface area contributed by atoms with Gasteiger partial charge in [0.15, 0.2) is 0 Å². The highest BCUT2D eigenvalue weighted by atomic mass is 16.5. The van der Waals surface area contributed by atoms with E-state index in [1.165, 1.54) is 6.33 Å². The Morgan fingerprint density at radius 2 is 2.17 bits per heavy atom. The van der Waals surface area contributed by atoms with Crippen molar-refractivity contribution in [3.05, 3.63) is 47.6 Å². The van der Waals surface area contributed by atoms with Crippen molar-refractivity contribution in [3.8, 4) is 11.8 Å². The first-order chi connectivity index (χ1) is 11.2. The molecule has 0 saturated carbocycles. The molecule has 7 nitrogen and oxygen atoms in total. The Hall–Kier alpha value is -3.01. The van der Waals surface area contributed by atoms with Gasteiger partial charge in [-0.1, -0.05) is 25.5 Å². The summed E-state index contributed by atoms with van der Waals surface area (Å²) < 4.78 is 7.32. The number of nitrogens with one attached hydrogen (secondary N) is 1. The third-order valence-corrected chi connectivity index (χ3v) is 3.71. The van der Waals surface area contributed by atoms with Gasteiger partial charge in [0, 0.05) is 0 Å². The normalized spacial score (nSPS) is 16.4. The van der Waals surface area contributed by atoms with Crippen LogP contribution < -0.4 is 15.8 Å². The SMILES string of the molecule is CCCCOc1ccc(C2C(C#N)=C(N)Nc3ncnn32)cc1. The Bertz CT molecular complexity index is 756. The maximum atomic E-state index is 9.44. The van der Waals surface area contributed by atoms with Crippen LogP contribution in [0.2, 0.25) is 0 Å². The van der Waals surface area contributed by atoms with E-state index in [0.717, 1.165) is 24.2 Å². The number of aromatic nitrogens is 3. The molecule has 1 unspecified atom stereocenters. The molecule has 0 aliphatic carbocycles. The predicted molar refractivity (Wildman–Crippen MR) is 85.5 cm³/mol. The molecule has 2 heterocycles. The number of nitrogens with zero attached hydrogens (tertiary/aromatic N) is 4. The summed E-state index contributed by atoms with van der Waals surface area (Å²) >= 11 is 0. The quantitative estimate of drug-likeness (QED) is 0.821. The van der Waals surface area contributed by atoms with Crippen molar-refractivity contribution < 1.29 is 4.74 Å². The zero-order chi connectivity index (χ0) is 16.2. The number of nitrogens with two attached hydrogens (primary N) is 1. The fraction of sp³-hybridized carbons (Fsp3) is 0.312. The number of hydrogen-bond donors (Lipinski definition) is 2. The van der Waals surface area contributed by atoms with Gasteiger partial charge in [0.1, 0.15) is 30.0 Å². The van der Waals surface area contributed by atoms with E-state index in [4.69, 9.17) is 10.5 Å². The molecule has 0 radical (unpaired) electrons. The van der Waals surface area contributed by atoms with Gasteiger partial charge in [-0.15, -0.1) is 0 Å². The van der Waals surface area contributed by atoms with Gasteiger partial charge in [-0.05, 0) is 24.1 Å². The summed E-state index contributed by atoms with van der Waals surface area (Å²) in [4.78, 5) is 4.11. The van der Waals surface area contributed by atoms with Gasteiger partial charge in [0.25, 0.3) is 0 Å². The van der Waals surface area contributed by atoms with Gasteiger partial charge in [0.05, 0.1) is 12.2 Å². The molecule has 0 saturated heterocycles. The van der Waals surface area contributed by atoms with Crippen LogP contribution in [0.1, 0.15) is 31.4 Å². The molecule has 2 aromatic rings. The van der Waals surface area contributed by atoms with Crippen molar-refractivity contribution in [2.45, 2.75) is 25.8 Å². The molecule has 1 aromatic heterocycles. The van der Waals surface area contributed by atoms with Gasteiger partial charge < -0.3 is 15.8 Å². The number of ether oxygens (including phenoxy) is 1. The lowest BCUT2D eigenvalue weighted by molar-refractivity contribution is 0.309. The highest BCUT2D eigenvalue weighted by molar-refractivity contribution is 5.51. The Kier molecular flexibility index (Phi) is 4.15. The molecule has 23 heavy (non-hydrogen) atoms. The van der Waals surface area contributed by atoms with Gasteiger partial charge in [0.2, 0.25) is 5.95 Å². The first kappa shape index (κ1) is 14.9. The van der Waals surface area contributed by atoms with E-state index in [-0.39, 0.29) is 6.04 Å². The van der Waals surface area contributed by atoms with Crippen LogP contribution >= 0.6 is 0 Å². The third-order valence-electron chi connectivity index (χ3n) is 3.71. The first-order valence-electron chi connectivity index (χ1n) is 7.53. The Balaban J connectivity index is 1.90. The van der Waals surface area contributed by atoms with E-state index < -0.39 is 0 Å². The Morgan fingerprint density at radius 3 is 2.87 bits per heavy atom. The van der Waals surface area contributed by atoms with E-state index in [1.54, 1.807) is 4.68 Å². The molecule has 1 aliphatic rings. The minimum absolute atomic E-state index is 0.307. The van der Waals surface area contributed by atoms with Gasteiger partial charge >= 0.3 is 0 Å². The molecule has 118 valence electrons. The van der Waals surface area contributed by atoms with Crippen molar-refractivity contribution in [1.29, 1.82) is 5.26 Å². The van der Waals surface area contributed by atoms with Crippen LogP contribution in [0.4, 0.5) is 5.95 Å². The van der Waals surface area contributed by atoms with Crippen LogP contribution in [0.25, 0.3) is 0 Å². The molecular formula is C16H18N6O. The number of anilines is 1. The standard InChI is InChI=1S/C16H18N6O/c1-2-3-8-23-12-6-4-11(5-7-12)14-13(9-17)15(18)21-16-19-10-20-22(14)16/h4-7,10,14H,2-3,8,18H2,1H3,(H,19,20,21). The molecule has 1 aliphatic heterocycles.